The molecule has 1 aliphatic carbocycles. The molecule has 0 aliphatic heterocycles. The van der Waals surface area contributed by atoms with E-state index in [1.807, 2.05) is 0 Å². The summed E-state index contributed by atoms with van der Waals surface area (Å²) in [6.07, 6.45) is 12.3. The van der Waals surface area contributed by atoms with Crippen LogP contribution in [-0.4, -0.2) is 11.1 Å². The lowest BCUT2D eigenvalue weighted by Gasteiger charge is -2.42. The number of unbranched alkanes of at least 4 members (excludes halogenated alkanes) is 1. The summed E-state index contributed by atoms with van der Waals surface area (Å²) in [6, 6.07) is 10.7. The number of carboxylic acids is 1. The Balaban J connectivity index is 2.13. The van der Waals surface area contributed by atoms with Crippen LogP contribution in [0.5, 0.6) is 0 Å². The van der Waals surface area contributed by atoms with Crippen molar-refractivity contribution < 1.29 is 9.90 Å². The average Bonchev–Trinajstić information content (AvgIpc) is 2.67. The molecule has 0 bridgehead atoms. The normalized spacial score (nSPS) is 25.1. The van der Waals surface area contributed by atoms with Gasteiger partial charge in [-0.15, -0.1) is 0 Å². The molecule has 2 rings (SSSR count). The number of carboxylic acid groups (broad SMARTS) is 1. The van der Waals surface area contributed by atoms with Crippen LogP contribution in [-0.2, 0) is 11.2 Å². The van der Waals surface area contributed by atoms with Gasteiger partial charge in [0.2, 0.25) is 0 Å². The predicted octanol–water partition coefficient (Wildman–Crippen LogP) is 7.12. The molecule has 1 aliphatic rings. The smallest absolute Gasteiger partial charge is 0.306 e. The van der Waals surface area contributed by atoms with E-state index in [9.17, 15) is 9.90 Å². The Bertz CT molecular complexity index is 543. The fraction of sp³-hybridized carbons (Fsp3) is 0.720. The Labute approximate surface area is 166 Å². The van der Waals surface area contributed by atoms with Gasteiger partial charge in [0.15, 0.2) is 0 Å². The third kappa shape index (κ3) is 6.97. The van der Waals surface area contributed by atoms with Crippen LogP contribution in [0.25, 0.3) is 0 Å². The number of aliphatic carboxylic acids is 1. The van der Waals surface area contributed by atoms with Crippen molar-refractivity contribution >= 4 is 5.97 Å². The SMILES string of the molecule is CCCCC(CC)CC(CC1(Cc2ccccc2)CCC(C)CC1)C(=O)O. The molecule has 1 N–H and O–H groups in total. The summed E-state index contributed by atoms with van der Waals surface area (Å²) >= 11 is 0. The van der Waals surface area contributed by atoms with Crippen molar-refractivity contribution in [3.05, 3.63) is 35.9 Å². The summed E-state index contributed by atoms with van der Waals surface area (Å²) in [5.74, 6) is 0.576. The van der Waals surface area contributed by atoms with Crippen LogP contribution in [0.1, 0.15) is 90.5 Å². The molecule has 27 heavy (non-hydrogen) atoms. The van der Waals surface area contributed by atoms with Crippen LogP contribution < -0.4 is 0 Å². The highest BCUT2D eigenvalue weighted by molar-refractivity contribution is 5.70. The molecule has 1 aromatic rings. The molecule has 1 saturated carbocycles. The maximum absolute atomic E-state index is 12.2. The molecule has 2 heteroatoms. The van der Waals surface area contributed by atoms with Gasteiger partial charge in [-0.05, 0) is 54.9 Å². The molecule has 0 aromatic heterocycles. The van der Waals surface area contributed by atoms with Gasteiger partial charge in [-0.1, -0.05) is 89.6 Å². The van der Waals surface area contributed by atoms with Gasteiger partial charge in [-0.3, -0.25) is 4.79 Å². The van der Waals surface area contributed by atoms with Crippen molar-refractivity contribution in [1.82, 2.24) is 0 Å². The second-order valence-electron chi connectivity index (χ2n) is 9.24. The Morgan fingerprint density at radius 2 is 1.85 bits per heavy atom. The summed E-state index contributed by atoms with van der Waals surface area (Å²) in [5, 5.41) is 10.0. The maximum atomic E-state index is 12.2. The Hall–Kier alpha value is -1.31. The molecule has 152 valence electrons. The maximum Gasteiger partial charge on any atom is 0.306 e. The fourth-order valence-corrected chi connectivity index (χ4v) is 5.03. The highest BCUT2D eigenvalue weighted by Gasteiger charge is 2.38. The van der Waals surface area contributed by atoms with Crippen LogP contribution in [0, 0.1) is 23.2 Å². The molecule has 0 spiro atoms. The van der Waals surface area contributed by atoms with Gasteiger partial charge in [0.05, 0.1) is 5.92 Å². The van der Waals surface area contributed by atoms with Crippen LogP contribution in [0.3, 0.4) is 0 Å². The largest absolute Gasteiger partial charge is 0.481 e. The first-order valence-electron chi connectivity index (χ1n) is 11.2. The van der Waals surface area contributed by atoms with E-state index >= 15 is 0 Å². The summed E-state index contributed by atoms with van der Waals surface area (Å²) < 4.78 is 0. The van der Waals surface area contributed by atoms with E-state index < -0.39 is 5.97 Å². The van der Waals surface area contributed by atoms with Gasteiger partial charge in [0, 0.05) is 0 Å². The van der Waals surface area contributed by atoms with E-state index in [0.717, 1.165) is 31.6 Å². The van der Waals surface area contributed by atoms with E-state index in [4.69, 9.17) is 0 Å². The highest BCUT2D eigenvalue weighted by atomic mass is 16.4. The standard InChI is InChI=1S/C25H40O2/c1-4-6-10-21(5-2)17-23(24(26)27)19-25(15-13-20(3)14-16-25)18-22-11-8-7-9-12-22/h7-9,11-12,20-21,23H,4-6,10,13-19H2,1-3H3,(H,26,27). The van der Waals surface area contributed by atoms with Gasteiger partial charge in [0.1, 0.15) is 0 Å². The fourth-order valence-electron chi connectivity index (χ4n) is 5.03. The van der Waals surface area contributed by atoms with Gasteiger partial charge >= 0.3 is 5.97 Å². The molecular formula is C25H40O2. The second-order valence-corrected chi connectivity index (χ2v) is 9.24. The molecule has 1 fully saturated rings. The predicted molar refractivity (Wildman–Crippen MR) is 114 cm³/mol. The van der Waals surface area contributed by atoms with Crippen LogP contribution in [0.4, 0.5) is 0 Å². The minimum atomic E-state index is -0.573. The lowest BCUT2D eigenvalue weighted by Crippen LogP contribution is -2.34. The first kappa shape index (κ1) is 22.0. The second kappa shape index (κ2) is 10.9. The molecule has 0 heterocycles. The summed E-state index contributed by atoms with van der Waals surface area (Å²) in [6.45, 7) is 6.79. The van der Waals surface area contributed by atoms with Crippen molar-refractivity contribution in [2.75, 3.05) is 0 Å². The van der Waals surface area contributed by atoms with E-state index in [2.05, 4.69) is 51.1 Å². The van der Waals surface area contributed by atoms with Crippen LogP contribution in [0.15, 0.2) is 30.3 Å². The quantitative estimate of drug-likeness (QED) is 0.449. The number of hydrogen-bond donors (Lipinski definition) is 1. The van der Waals surface area contributed by atoms with Crippen molar-refractivity contribution in [1.29, 1.82) is 0 Å². The lowest BCUT2D eigenvalue weighted by atomic mass is 9.63. The molecular weight excluding hydrogens is 332 g/mol. The Kier molecular flexibility index (Phi) is 8.86. The topological polar surface area (TPSA) is 37.3 Å². The molecule has 2 nitrogen and oxygen atoms in total. The third-order valence-electron chi connectivity index (χ3n) is 6.95. The van der Waals surface area contributed by atoms with Crippen LogP contribution in [0.2, 0.25) is 0 Å². The molecule has 2 unspecified atom stereocenters. The number of rotatable bonds is 11. The lowest BCUT2D eigenvalue weighted by molar-refractivity contribution is -0.144. The summed E-state index contributed by atoms with van der Waals surface area (Å²) in [5.41, 5.74) is 1.54. The molecule has 0 radical (unpaired) electrons. The molecule has 2 atom stereocenters. The zero-order valence-electron chi connectivity index (χ0n) is 17.8. The Morgan fingerprint density at radius 3 is 2.41 bits per heavy atom. The van der Waals surface area contributed by atoms with Crippen molar-refractivity contribution in [2.24, 2.45) is 23.2 Å². The highest BCUT2D eigenvalue weighted by Crippen LogP contribution is 2.47. The van der Waals surface area contributed by atoms with Gasteiger partial charge in [-0.2, -0.15) is 0 Å². The Morgan fingerprint density at radius 1 is 1.19 bits per heavy atom. The third-order valence-corrected chi connectivity index (χ3v) is 6.95. The van der Waals surface area contributed by atoms with Crippen LogP contribution >= 0.6 is 0 Å². The van der Waals surface area contributed by atoms with Gasteiger partial charge < -0.3 is 5.11 Å². The summed E-state index contributed by atoms with van der Waals surface area (Å²) in [7, 11) is 0. The van der Waals surface area contributed by atoms with Crippen molar-refractivity contribution in [3.63, 3.8) is 0 Å². The average molecular weight is 373 g/mol. The molecule has 1 aromatic carbocycles. The van der Waals surface area contributed by atoms with E-state index in [0.29, 0.717) is 5.92 Å². The minimum absolute atomic E-state index is 0.167. The summed E-state index contributed by atoms with van der Waals surface area (Å²) in [4.78, 5) is 12.2. The molecule has 0 amide bonds. The zero-order chi connectivity index (χ0) is 19.7. The number of benzene rings is 1. The minimum Gasteiger partial charge on any atom is -0.481 e. The monoisotopic (exact) mass is 372 g/mol. The first-order chi connectivity index (χ1) is 13.0. The van der Waals surface area contributed by atoms with Crippen molar-refractivity contribution in [2.45, 2.75) is 91.4 Å². The first-order valence-corrected chi connectivity index (χ1v) is 11.2. The van der Waals surface area contributed by atoms with E-state index in [-0.39, 0.29) is 11.3 Å². The zero-order valence-corrected chi connectivity index (χ0v) is 17.8. The van der Waals surface area contributed by atoms with Gasteiger partial charge in [0.25, 0.3) is 0 Å². The number of hydrogen-bond acceptors (Lipinski definition) is 1. The van der Waals surface area contributed by atoms with E-state index in [1.54, 1.807) is 0 Å². The van der Waals surface area contributed by atoms with Crippen molar-refractivity contribution in [3.8, 4) is 0 Å². The molecule has 0 saturated heterocycles. The number of carbonyl (C=O) groups is 1. The van der Waals surface area contributed by atoms with Gasteiger partial charge in [-0.25, -0.2) is 0 Å². The van der Waals surface area contributed by atoms with E-state index in [1.165, 1.54) is 50.5 Å².